The number of thioether (sulfide) groups is 1. The van der Waals surface area contributed by atoms with Crippen LogP contribution in [0.1, 0.15) is 31.8 Å². The van der Waals surface area contributed by atoms with E-state index in [1.54, 1.807) is 78.9 Å². The molecular formula is C29H21N3O4S. The first-order chi connectivity index (χ1) is 18.0. The molecule has 7 nitrogen and oxygen atoms in total. The maximum absolute atomic E-state index is 13.1. The number of nitrogens with one attached hydrogen (secondary N) is 3. The fourth-order valence-electron chi connectivity index (χ4n) is 4.03. The van der Waals surface area contributed by atoms with Gasteiger partial charge in [0.05, 0.1) is 17.0 Å². The van der Waals surface area contributed by atoms with Crippen LogP contribution in [0.4, 0.5) is 21.9 Å². The first-order valence-electron chi connectivity index (χ1n) is 11.5. The fraction of sp³-hybridized carbons (Fsp3) is 0.0345. The molecule has 3 amide bonds. The summed E-state index contributed by atoms with van der Waals surface area (Å²) in [6.45, 7) is 0. The van der Waals surface area contributed by atoms with Crippen molar-refractivity contribution in [2.24, 2.45) is 0 Å². The molecule has 5 rings (SSSR count). The van der Waals surface area contributed by atoms with Crippen LogP contribution in [0.2, 0.25) is 0 Å². The normalized spacial score (nSPS) is 11.8. The van der Waals surface area contributed by atoms with E-state index in [4.69, 9.17) is 0 Å². The Morgan fingerprint density at radius 3 is 1.89 bits per heavy atom. The average molecular weight is 508 g/mol. The Kier molecular flexibility index (Phi) is 6.83. The Hall–Kier alpha value is -4.69. The second-order valence-electron chi connectivity index (χ2n) is 8.24. The maximum Gasteiger partial charge on any atom is 0.323 e. The van der Waals surface area contributed by atoms with Gasteiger partial charge in [0.2, 0.25) is 5.91 Å². The fourth-order valence-corrected chi connectivity index (χ4v) is 4.73. The van der Waals surface area contributed by atoms with Crippen molar-refractivity contribution < 1.29 is 19.2 Å². The summed E-state index contributed by atoms with van der Waals surface area (Å²) >= 11 is 1.31. The van der Waals surface area contributed by atoms with Crippen molar-refractivity contribution in [3.63, 3.8) is 0 Å². The van der Waals surface area contributed by atoms with E-state index in [0.29, 0.717) is 28.2 Å². The number of carbonyl (C=O) groups is 4. The molecule has 3 N–H and O–H groups in total. The summed E-state index contributed by atoms with van der Waals surface area (Å²) in [4.78, 5) is 51.7. The zero-order chi connectivity index (χ0) is 25.8. The second kappa shape index (κ2) is 10.5. The molecule has 4 aromatic carbocycles. The highest BCUT2D eigenvalue weighted by atomic mass is 32.2. The third-order valence-corrected chi connectivity index (χ3v) is 6.75. The first kappa shape index (κ1) is 24.0. The Labute approximate surface area is 217 Å². The lowest BCUT2D eigenvalue weighted by atomic mass is 9.83. The molecule has 0 atom stereocenters. The Bertz CT molecular complexity index is 1520. The Balaban J connectivity index is 1.19. The minimum absolute atomic E-state index is 0.101. The van der Waals surface area contributed by atoms with Crippen LogP contribution in [-0.4, -0.2) is 29.3 Å². The van der Waals surface area contributed by atoms with Gasteiger partial charge in [-0.1, -0.05) is 54.6 Å². The van der Waals surface area contributed by atoms with Crippen molar-refractivity contribution in [1.82, 2.24) is 0 Å². The number of urea groups is 1. The minimum atomic E-state index is -0.354. The van der Waals surface area contributed by atoms with Gasteiger partial charge in [0.25, 0.3) is 0 Å². The molecule has 0 bridgehead atoms. The van der Waals surface area contributed by atoms with Gasteiger partial charge in [-0.05, 0) is 42.5 Å². The van der Waals surface area contributed by atoms with Crippen molar-refractivity contribution >= 4 is 52.3 Å². The van der Waals surface area contributed by atoms with Crippen LogP contribution in [0, 0.1) is 0 Å². The van der Waals surface area contributed by atoms with Gasteiger partial charge < -0.3 is 16.0 Å². The predicted molar refractivity (Wildman–Crippen MR) is 145 cm³/mol. The van der Waals surface area contributed by atoms with Gasteiger partial charge in [0.1, 0.15) is 0 Å². The Morgan fingerprint density at radius 1 is 0.595 bits per heavy atom. The molecule has 0 unspecified atom stereocenters. The van der Waals surface area contributed by atoms with E-state index < -0.39 is 0 Å². The molecule has 0 fully saturated rings. The summed E-state index contributed by atoms with van der Waals surface area (Å²) in [5.41, 5.74) is 2.83. The van der Waals surface area contributed by atoms with E-state index in [2.05, 4.69) is 16.0 Å². The first-order valence-corrected chi connectivity index (χ1v) is 12.5. The van der Waals surface area contributed by atoms with E-state index in [1.165, 1.54) is 11.8 Å². The van der Waals surface area contributed by atoms with Crippen molar-refractivity contribution in [2.75, 3.05) is 21.7 Å². The number of rotatable bonds is 6. The van der Waals surface area contributed by atoms with E-state index in [0.717, 1.165) is 4.90 Å². The molecule has 0 aromatic heterocycles. The van der Waals surface area contributed by atoms with Crippen LogP contribution in [-0.2, 0) is 4.79 Å². The van der Waals surface area contributed by atoms with Crippen LogP contribution in [0.3, 0.4) is 0 Å². The van der Waals surface area contributed by atoms with Crippen molar-refractivity contribution in [3.05, 3.63) is 119 Å². The number of para-hydroxylation sites is 1. The van der Waals surface area contributed by atoms with Gasteiger partial charge in [-0.15, -0.1) is 11.8 Å². The lowest BCUT2D eigenvalue weighted by molar-refractivity contribution is -0.113. The smallest absolute Gasteiger partial charge is 0.323 e. The van der Waals surface area contributed by atoms with Crippen LogP contribution < -0.4 is 16.0 Å². The van der Waals surface area contributed by atoms with Crippen LogP contribution in [0.5, 0.6) is 0 Å². The summed E-state index contributed by atoms with van der Waals surface area (Å²) < 4.78 is 0. The van der Waals surface area contributed by atoms with Crippen molar-refractivity contribution in [1.29, 1.82) is 0 Å². The lowest BCUT2D eigenvalue weighted by Crippen LogP contribution is -2.24. The summed E-state index contributed by atoms with van der Waals surface area (Å²) in [5.74, 6) is -0.721. The minimum Gasteiger partial charge on any atom is -0.325 e. The molecule has 0 heterocycles. The molecular weight excluding hydrogens is 486 g/mol. The summed E-state index contributed by atoms with van der Waals surface area (Å²) in [5, 5.41) is 8.29. The van der Waals surface area contributed by atoms with E-state index in [1.807, 2.05) is 18.2 Å². The molecule has 1 aliphatic rings. The highest BCUT2D eigenvalue weighted by Gasteiger charge is 2.31. The molecule has 0 radical (unpaired) electrons. The summed E-state index contributed by atoms with van der Waals surface area (Å²) in [7, 11) is 0. The van der Waals surface area contributed by atoms with Gasteiger partial charge in [-0.3, -0.25) is 14.4 Å². The quantitative estimate of drug-likeness (QED) is 0.251. The predicted octanol–water partition coefficient (Wildman–Crippen LogP) is 5.84. The summed E-state index contributed by atoms with van der Waals surface area (Å²) in [6, 6.07) is 27.5. The number of anilines is 3. The molecule has 1 aliphatic carbocycles. The molecule has 182 valence electrons. The molecule has 0 spiro atoms. The van der Waals surface area contributed by atoms with Gasteiger partial charge in [-0.2, -0.15) is 0 Å². The molecule has 0 saturated carbocycles. The van der Waals surface area contributed by atoms with Crippen molar-refractivity contribution in [2.45, 2.75) is 4.90 Å². The second-order valence-corrected chi connectivity index (χ2v) is 9.29. The molecule has 0 saturated heterocycles. The number of benzene rings is 4. The van der Waals surface area contributed by atoms with Crippen LogP contribution in [0.25, 0.3) is 0 Å². The third-order valence-electron chi connectivity index (χ3n) is 5.74. The number of amides is 3. The van der Waals surface area contributed by atoms with E-state index in [-0.39, 0.29) is 40.4 Å². The summed E-state index contributed by atoms with van der Waals surface area (Å²) in [6.07, 6.45) is 0. The van der Waals surface area contributed by atoms with E-state index >= 15 is 0 Å². The van der Waals surface area contributed by atoms with Gasteiger partial charge in [0, 0.05) is 33.0 Å². The number of carbonyl (C=O) groups excluding carboxylic acids is 4. The molecule has 4 aromatic rings. The van der Waals surface area contributed by atoms with Crippen LogP contribution >= 0.6 is 11.8 Å². The topological polar surface area (TPSA) is 104 Å². The maximum atomic E-state index is 13.1. The average Bonchev–Trinajstić information content (AvgIpc) is 2.92. The zero-order valence-corrected chi connectivity index (χ0v) is 20.3. The van der Waals surface area contributed by atoms with Gasteiger partial charge in [-0.25, -0.2) is 4.79 Å². The number of ketones is 2. The van der Waals surface area contributed by atoms with Crippen molar-refractivity contribution in [3.8, 4) is 0 Å². The molecule has 0 aliphatic heterocycles. The van der Waals surface area contributed by atoms with Gasteiger partial charge >= 0.3 is 6.03 Å². The highest BCUT2D eigenvalue weighted by Crippen LogP contribution is 2.32. The standard InChI is InChI=1S/C29H21N3O4S/c33-25(17-37-20-15-13-19(14-16-20)31-29(36)30-18-7-2-1-3-8-18)32-24-12-6-11-23-26(24)28(35)22-10-5-4-9-21(22)27(23)34/h1-16H,17H2,(H,32,33)(H2,30,31,36). The number of fused-ring (bicyclic) bond motifs is 2. The third kappa shape index (κ3) is 5.29. The Morgan fingerprint density at radius 2 is 1.19 bits per heavy atom. The molecule has 8 heteroatoms. The number of hydrogen-bond donors (Lipinski definition) is 3. The monoisotopic (exact) mass is 507 g/mol. The highest BCUT2D eigenvalue weighted by molar-refractivity contribution is 8.00. The molecule has 37 heavy (non-hydrogen) atoms. The van der Waals surface area contributed by atoms with E-state index in [9.17, 15) is 19.2 Å². The SMILES string of the molecule is O=C(CSc1ccc(NC(=O)Nc2ccccc2)cc1)Nc1cccc2c1C(=O)c1ccccc1C2=O. The number of hydrogen-bond acceptors (Lipinski definition) is 5. The van der Waals surface area contributed by atoms with Gasteiger partial charge in [0.15, 0.2) is 11.6 Å². The zero-order valence-electron chi connectivity index (χ0n) is 19.5. The largest absolute Gasteiger partial charge is 0.325 e. The lowest BCUT2D eigenvalue weighted by Gasteiger charge is -2.20. The van der Waals surface area contributed by atoms with Crippen LogP contribution in [0.15, 0.2) is 102 Å².